The van der Waals surface area contributed by atoms with Crippen molar-refractivity contribution in [3.8, 4) is 0 Å². The molecule has 2 N–H and O–H groups in total. The maximum atomic E-state index is 13.5. The number of rotatable bonds is 7. The van der Waals surface area contributed by atoms with Gasteiger partial charge in [0.25, 0.3) is 0 Å². The lowest BCUT2D eigenvalue weighted by molar-refractivity contribution is 0.526. The van der Waals surface area contributed by atoms with Gasteiger partial charge in [0.1, 0.15) is 5.82 Å². The van der Waals surface area contributed by atoms with Crippen LogP contribution in [0, 0.1) is 11.2 Å². The van der Waals surface area contributed by atoms with Crippen molar-refractivity contribution in [1.29, 1.82) is 0 Å². The van der Waals surface area contributed by atoms with Gasteiger partial charge < -0.3 is 5.32 Å². The third-order valence-corrected chi connectivity index (χ3v) is 5.30. The molecule has 0 bridgehead atoms. The van der Waals surface area contributed by atoms with E-state index in [0.717, 1.165) is 18.9 Å². The van der Waals surface area contributed by atoms with Crippen LogP contribution < -0.4 is 10.0 Å². The number of sulfonamides is 1. The van der Waals surface area contributed by atoms with Gasteiger partial charge in [0.05, 0.1) is 4.90 Å². The third-order valence-electron chi connectivity index (χ3n) is 3.81. The summed E-state index contributed by atoms with van der Waals surface area (Å²) in [5, 5.41) is 3.16. The molecule has 0 saturated heterocycles. The van der Waals surface area contributed by atoms with E-state index >= 15 is 0 Å². The molecule has 1 fully saturated rings. The van der Waals surface area contributed by atoms with E-state index in [1.807, 2.05) is 20.8 Å². The fourth-order valence-electron chi connectivity index (χ4n) is 1.98. The highest BCUT2D eigenvalue weighted by molar-refractivity contribution is 7.89. The smallest absolute Gasteiger partial charge is 0.241 e. The molecule has 2 rings (SSSR count). The number of halogens is 1. The van der Waals surface area contributed by atoms with Crippen LogP contribution in [0.3, 0.4) is 0 Å². The highest BCUT2D eigenvalue weighted by Crippen LogP contribution is 2.44. The Morgan fingerprint density at radius 3 is 2.57 bits per heavy atom. The zero-order chi connectivity index (χ0) is 15.7. The van der Waals surface area contributed by atoms with Crippen LogP contribution in [0.4, 0.5) is 4.39 Å². The Bertz CT molecular complexity index is 610. The second-order valence-electron chi connectivity index (χ2n) is 6.42. The van der Waals surface area contributed by atoms with Crippen LogP contribution in [-0.2, 0) is 16.6 Å². The van der Waals surface area contributed by atoms with Crippen LogP contribution in [0.25, 0.3) is 0 Å². The van der Waals surface area contributed by atoms with Gasteiger partial charge in [0.2, 0.25) is 10.0 Å². The molecule has 0 atom stereocenters. The molecular weight excluding hydrogens is 291 g/mol. The molecule has 6 heteroatoms. The van der Waals surface area contributed by atoms with Gasteiger partial charge in [-0.25, -0.2) is 17.5 Å². The molecule has 118 valence electrons. The number of nitrogens with one attached hydrogen (secondary N) is 2. The molecule has 1 saturated carbocycles. The Hall–Kier alpha value is -0.980. The lowest BCUT2D eigenvalue weighted by atomic mass is 10.2. The first-order valence-corrected chi connectivity index (χ1v) is 8.72. The summed E-state index contributed by atoms with van der Waals surface area (Å²) >= 11 is 0. The first-order valence-electron chi connectivity index (χ1n) is 7.23. The molecule has 1 aliphatic rings. The minimum atomic E-state index is -3.68. The van der Waals surface area contributed by atoms with Gasteiger partial charge in [-0.15, -0.1) is 0 Å². The molecule has 1 aromatic rings. The molecule has 0 radical (unpaired) electrons. The van der Waals surface area contributed by atoms with E-state index < -0.39 is 15.8 Å². The first kappa shape index (κ1) is 16.4. The Kier molecular flexibility index (Phi) is 4.70. The quantitative estimate of drug-likeness (QED) is 0.812. The second-order valence-corrected chi connectivity index (χ2v) is 8.16. The average Bonchev–Trinajstić information content (AvgIpc) is 3.14. The van der Waals surface area contributed by atoms with Crippen molar-refractivity contribution in [2.45, 2.75) is 51.1 Å². The van der Waals surface area contributed by atoms with E-state index in [1.165, 1.54) is 12.1 Å². The largest absolute Gasteiger partial charge is 0.310 e. The zero-order valence-corrected chi connectivity index (χ0v) is 13.6. The van der Waals surface area contributed by atoms with Crippen molar-refractivity contribution in [3.05, 3.63) is 29.6 Å². The summed E-state index contributed by atoms with van der Waals surface area (Å²) in [7, 11) is -3.68. The average molecular weight is 314 g/mol. The number of hydrogen-bond donors (Lipinski definition) is 2. The Morgan fingerprint density at radius 2 is 2.00 bits per heavy atom. The van der Waals surface area contributed by atoms with Crippen molar-refractivity contribution in [2.24, 2.45) is 5.41 Å². The number of benzene rings is 1. The molecule has 0 unspecified atom stereocenters. The minimum absolute atomic E-state index is 0.0277. The monoisotopic (exact) mass is 314 g/mol. The SMILES string of the molecule is CC(C)NCc1ccc(F)cc1S(=O)(=O)NCC1(C)CC1. The van der Waals surface area contributed by atoms with E-state index in [-0.39, 0.29) is 16.4 Å². The lowest BCUT2D eigenvalue weighted by Gasteiger charge is -2.15. The van der Waals surface area contributed by atoms with Crippen LogP contribution in [0.15, 0.2) is 23.1 Å². The Balaban J connectivity index is 2.20. The standard InChI is InChI=1S/C15H23FN2O2S/c1-11(2)17-9-12-4-5-13(16)8-14(12)21(19,20)18-10-15(3)6-7-15/h4-5,8,11,17-18H,6-7,9-10H2,1-3H3. The third kappa shape index (κ3) is 4.49. The summed E-state index contributed by atoms with van der Waals surface area (Å²) in [6, 6.07) is 4.13. The molecule has 1 aliphatic carbocycles. The van der Waals surface area contributed by atoms with Crippen LogP contribution in [0.1, 0.15) is 39.2 Å². The summed E-state index contributed by atoms with van der Waals surface area (Å²) < 4.78 is 40.9. The molecule has 0 spiro atoms. The van der Waals surface area contributed by atoms with Crippen LogP contribution in [-0.4, -0.2) is 21.0 Å². The Morgan fingerprint density at radius 1 is 1.33 bits per heavy atom. The van der Waals surface area contributed by atoms with Crippen molar-refractivity contribution < 1.29 is 12.8 Å². The van der Waals surface area contributed by atoms with Crippen LogP contribution in [0.2, 0.25) is 0 Å². The minimum Gasteiger partial charge on any atom is -0.310 e. The van der Waals surface area contributed by atoms with Crippen molar-refractivity contribution in [3.63, 3.8) is 0 Å². The van der Waals surface area contributed by atoms with Gasteiger partial charge in [-0.05, 0) is 36.0 Å². The van der Waals surface area contributed by atoms with Crippen LogP contribution >= 0.6 is 0 Å². The van der Waals surface area contributed by atoms with E-state index in [2.05, 4.69) is 10.0 Å². The lowest BCUT2D eigenvalue weighted by Crippen LogP contribution is -2.31. The molecule has 0 aromatic heterocycles. The maximum Gasteiger partial charge on any atom is 0.241 e. The van der Waals surface area contributed by atoms with Crippen molar-refractivity contribution >= 4 is 10.0 Å². The molecule has 1 aromatic carbocycles. The topological polar surface area (TPSA) is 58.2 Å². The summed E-state index contributed by atoms with van der Waals surface area (Å²) in [5.41, 5.74) is 0.648. The first-order chi connectivity index (χ1) is 9.72. The van der Waals surface area contributed by atoms with E-state index in [4.69, 9.17) is 0 Å². The van der Waals surface area contributed by atoms with Crippen molar-refractivity contribution in [2.75, 3.05) is 6.54 Å². The highest BCUT2D eigenvalue weighted by Gasteiger charge is 2.38. The predicted octanol–water partition coefficient (Wildman–Crippen LogP) is 2.40. The fourth-order valence-corrected chi connectivity index (χ4v) is 3.42. The second kappa shape index (κ2) is 6.02. The summed E-state index contributed by atoms with van der Waals surface area (Å²) in [6.45, 7) is 6.80. The van der Waals surface area contributed by atoms with Gasteiger partial charge in [0, 0.05) is 19.1 Å². The van der Waals surface area contributed by atoms with Gasteiger partial charge >= 0.3 is 0 Å². The van der Waals surface area contributed by atoms with E-state index in [1.54, 1.807) is 0 Å². The molecule has 21 heavy (non-hydrogen) atoms. The van der Waals surface area contributed by atoms with E-state index in [9.17, 15) is 12.8 Å². The van der Waals surface area contributed by atoms with E-state index in [0.29, 0.717) is 18.7 Å². The molecule has 0 amide bonds. The highest BCUT2D eigenvalue weighted by atomic mass is 32.2. The number of hydrogen-bond acceptors (Lipinski definition) is 3. The predicted molar refractivity (Wildman–Crippen MR) is 80.9 cm³/mol. The van der Waals surface area contributed by atoms with Crippen LogP contribution in [0.5, 0.6) is 0 Å². The van der Waals surface area contributed by atoms with Gasteiger partial charge in [-0.3, -0.25) is 0 Å². The maximum absolute atomic E-state index is 13.5. The fraction of sp³-hybridized carbons (Fsp3) is 0.600. The van der Waals surface area contributed by atoms with Gasteiger partial charge in [-0.1, -0.05) is 26.8 Å². The Labute approximate surface area is 126 Å². The molecule has 4 nitrogen and oxygen atoms in total. The summed E-state index contributed by atoms with van der Waals surface area (Å²) in [4.78, 5) is 0.0277. The van der Waals surface area contributed by atoms with Gasteiger partial charge in [-0.2, -0.15) is 0 Å². The molecule has 0 heterocycles. The zero-order valence-electron chi connectivity index (χ0n) is 12.7. The normalized spacial score (nSPS) is 17.2. The molecule has 0 aliphatic heterocycles. The van der Waals surface area contributed by atoms with Gasteiger partial charge in [0.15, 0.2) is 0 Å². The summed E-state index contributed by atoms with van der Waals surface area (Å²) in [5.74, 6) is -0.540. The molecular formula is C15H23FN2O2S. The van der Waals surface area contributed by atoms with Crippen molar-refractivity contribution in [1.82, 2.24) is 10.0 Å². The summed E-state index contributed by atoms with van der Waals surface area (Å²) in [6.07, 6.45) is 2.06.